The van der Waals surface area contributed by atoms with Crippen LogP contribution in [0.1, 0.15) is 0 Å². The van der Waals surface area contributed by atoms with Crippen molar-refractivity contribution >= 4 is 28.5 Å². The minimum Gasteiger partial charge on any atom is -0.507 e. The summed E-state index contributed by atoms with van der Waals surface area (Å²) in [6, 6.07) is 13.7. The molecule has 0 fully saturated rings. The van der Waals surface area contributed by atoms with Crippen LogP contribution in [-0.2, 0) is 0 Å². The Kier molecular flexibility index (Phi) is 2.19. The highest BCUT2D eigenvalue weighted by Gasteiger charge is 2.20. The zero-order valence-corrected chi connectivity index (χ0v) is 10.7. The van der Waals surface area contributed by atoms with Crippen molar-refractivity contribution in [3.05, 3.63) is 48.7 Å². The zero-order valence-electron chi connectivity index (χ0n) is 9.92. The van der Waals surface area contributed by atoms with Gasteiger partial charge in [0.1, 0.15) is 5.75 Å². The van der Waals surface area contributed by atoms with E-state index in [0.717, 1.165) is 32.6 Å². The van der Waals surface area contributed by atoms with Crippen LogP contribution in [0.3, 0.4) is 0 Å². The molecule has 0 unspecified atom stereocenters. The molecule has 0 saturated heterocycles. The summed E-state index contributed by atoms with van der Waals surface area (Å²) in [5.41, 5.74) is 3.90. The highest BCUT2D eigenvalue weighted by atomic mass is 32.2. The molecule has 92 valence electrons. The fraction of sp³-hybridized carbons (Fsp3) is 0. The number of hydrogen-bond donors (Lipinski definition) is 2. The predicted octanol–water partition coefficient (Wildman–Crippen LogP) is 4.04. The first kappa shape index (κ1) is 10.7. The van der Waals surface area contributed by atoms with Crippen LogP contribution in [0.4, 0.5) is 5.69 Å². The zero-order chi connectivity index (χ0) is 12.8. The molecule has 2 aromatic carbocycles. The van der Waals surface area contributed by atoms with Gasteiger partial charge in [-0.3, -0.25) is 4.98 Å². The van der Waals surface area contributed by atoms with E-state index in [1.807, 2.05) is 30.3 Å². The molecule has 1 aromatic heterocycles. The number of nitrogens with one attached hydrogen (secondary N) is 1. The Hall–Kier alpha value is -2.20. The van der Waals surface area contributed by atoms with Crippen molar-refractivity contribution in [2.45, 2.75) is 4.90 Å². The Labute approximate surface area is 114 Å². The number of phenols is 1. The van der Waals surface area contributed by atoms with Crippen LogP contribution in [-0.4, -0.2) is 10.1 Å². The van der Waals surface area contributed by atoms with E-state index in [4.69, 9.17) is 0 Å². The van der Waals surface area contributed by atoms with E-state index >= 15 is 0 Å². The molecule has 3 nitrogen and oxygen atoms in total. The SMILES string of the molecule is Oc1cc2c(c3ncccc13)NSc1ccccc1-2. The van der Waals surface area contributed by atoms with Crippen molar-refractivity contribution in [2.75, 3.05) is 4.72 Å². The first-order chi connectivity index (χ1) is 9.34. The molecule has 2 heterocycles. The third-order valence-electron chi connectivity index (χ3n) is 3.31. The molecule has 0 amide bonds. The van der Waals surface area contributed by atoms with Crippen LogP contribution in [0, 0.1) is 0 Å². The van der Waals surface area contributed by atoms with E-state index in [1.165, 1.54) is 0 Å². The first-order valence-electron chi connectivity index (χ1n) is 5.97. The van der Waals surface area contributed by atoms with Crippen LogP contribution in [0.15, 0.2) is 53.6 Å². The van der Waals surface area contributed by atoms with Gasteiger partial charge in [0.05, 0.1) is 11.2 Å². The number of aromatic nitrogens is 1. The summed E-state index contributed by atoms with van der Waals surface area (Å²) >= 11 is 1.58. The standard InChI is InChI=1S/C15H10N2OS/c18-12-8-11-9-4-1-2-6-13(9)19-17-15(11)14-10(12)5-3-7-16-14/h1-8,17-18H. The molecule has 0 atom stereocenters. The number of aromatic hydroxyl groups is 1. The van der Waals surface area contributed by atoms with Crippen LogP contribution in [0.25, 0.3) is 22.0 Å². The van der Waals surface area contributed by atoms with Crippen molar-refractivity contribution < 1.29 is 5.11 Å². The van der Waals surface area contributed by atoms with Crippen LogP contribution < -0.4 is 4.72 Å². The summed E-state index contributed by atoms with van der Waals surface area (Å²) in [6.07, 6.45) is 1.74. The van der Waals surface area contributed by atoms with Crippen molar-refractivity contribution in [2.24, 2.45) is 0 Å². The molecule has 3 aromatic rings. The Balaban J connectivity index is 2.13. The maximum absolute atomic E-state index is 10.2. The number of nitrogens with zero attached hydrogens (tertiary/aromatic N) is 1. The van der Waals surface area contributed by atoms with E-state index in [-0.39, 0.29) is 5.75 Å². The third kappa shape index (κ3) is 1.50. The molecule has 2 N–H and O–H groups in total. The van der Waals surface area contributed by atoms with E-state index < -0.39 is 0 Å². The lowest BCUT2D eigenvalue weighted by atomic mass is 10.00. The van der Waals surface area contributed by atoms with Crippen LogP contribution in [0.2, 0.25) is 0 Å². The fourth-order valence-corrected chi connectivity index (χ4v) is 3.28. The molecular formula is C15H10N2OS. The van der Waals surface area contributed by atoms with Gasteiger partial charge in [-0.1, -0.05) is 18.2 Å². The van der Waals surface area contributed by atoms with Crippen molar-refractivity contribution in [3.63, 3.8) is 0 Å². The third-order valence-corrected chi connectivity index (χ3v) is 4.19. The minimum atomic E-state index is 0.269. The lowest BCUT2D eigenvalue weighted by Crippen LogP contribution is -2.00. The minimum absolute atomic E-state index is 0.269. The van der Waals surface area contributed by atoms with Gasteiger partial charge in [0.15, 0.2) is 0 Å². The van der Waals surface area contributed by atoms with Gasteiger partial charge < -0.3 is 9.83 Å². The second kappa shape index (κ2) is 3.90. The Bertz CT molecular complexity index is 801. The van der Waals surface area contributed by atoms with Gasteiger partial charge in [0, 0.05) is 22.0 Å². The Morgan fingerprint density at radius 1 is 1.05 bits per heavy atom. The second-order valence-corrected chi connectivity index (χ2v) is 5.27. The molecule has 4 heteroatoms. The molecule has 1 aliphatic rings. The fourth-order valence-electron chi connectivity index (χ4n) is 2.43. The van der Waals surface area contributed by atoms with Gasteiger partial charge in [-0.2, -0.15) is 0 Å². The largest absolute Gasteiger partial charge is 0.507 e. The average Bonchev–Trinajstić information content (AvgIpc) is 2.47. The van der Waals surface area contributed by atoms with E-state index in [2.05, 4.69) is 21.8 Å². The molecule has 4 rings (SSSR count). The maximum atomic E-state index is 10.2. The summed E-state index contributed by atoms with van der Waals surface area (Å²) in [7, 11) is 0. The van der Waals surface area contributed by atoms with E-state index in [9.17, 15) is 5.11 Å². The molecular weight excluding hydrogens is 256 g/mol. The van der Waals surface area contributed by atoms with Crippen LogP contribution in [0.5, 0.6) is 5.75 Å². The van der Waals surface area contributed by atoms with Gasteiger partial charge in [0.2, 0.25) is 0 Å². The van der Waals surface area contributed by atoms with Crippen molar-refractivity contribution in [1.82, 2.24) is 4.98 Å². The molecule has 0 bridgehead atoms. The van der Waals surface area contributed by atoms with E-state index in [0.29, 0.717) is 0 Å². The number of pyridine rings is 1. The summed E-state index contributed by atoms with van der Waals surface area (Å²) in [5, 5.41) is 11.0. The smallest absolute Gasteiger partial charge is 0.125 e. The van der Waals surface area contributed by atoms with Gasteiger partial charge in [-0.05, 0) is 41.8 Å². The predicted molar refractivity (Wildman–Crippen MR) is 78.3 cm³/mol. The number of phenolic OH excluding ortho intramolecular Hbond substituents is 1. The monoisotopic (exact) mass is 266 g/mol. The number of rotatable bonds is 0. The highest BCUT2D eigenvalue weighted by molar-refractivity contribution is 8.00. The molecule has 0 saturated carbocycles. The summed E-state index contributed by atoms with van der Waals surface area (Å²) < 4.78 is 3.33. The number of benzene rings is 2. The first-order valence-corrected chi connectivity index (χ1v) is 6.79. The summed E-state index contributed by atoms with van der Waals surface area (Å²) in [4.78, 5) is 5.55. The topological polar surface area (TPSA) is 45.2 Å². The normalized spacial score (nSPS) is 12.6. The molecule has 19 heavy (non-hydrogen) atoms. The number of hydrogen-bond acceptors (Lipinski definition) is 4. The number of fused-ring (bicyclic) bond motifs is 5. The lowest BCUT2D eigenvalue weighted by molar-refractivity contribution is 0.482. The lowest BCUT2D eigenvalue weighted by Gasteiger charge is -2.21. The second-order valence-electron chi connectivity index (χ2n) is 4.42. The van der Waals surface area contributed by atoms with Gasteiger partial charge in [-0.15, -0.1) is 0 Å². The number of anilines is 1. The summed E-state index contributed by atoms with van der Waals surface area (Å²) in [6.45, 7) is 0. The Morgan fingerprint density at radius 3 is 2.89 bits per heavy atom. The molecule has 0 aliphatic carbocycles. The highest BCUT2D eigenvalue weighted by Crippen LogP contribution is 2.46. The average molecular weight is 266 g/mol. The van der Waals surface area contributed by atoms with Gasteiger partial charge in [-0.25, -0.2) is 0 Å². The molecule has 0 radical (unpaired) electrons. The van der Waals surface area contributed by atoms with Crippen LogP contribution >= 0.6 is 11.9 Å². The van der Waals surface area contributed by atoms with Gasteiger partial charge in [0.25, 0.3) is 0 Å². The van der Waals surface area contributed by atoms with Crippen molar-refractivity contribution in [1.29, 1.82) is 0 Å². The Morgan fingerprint density at radius 2 is 1.95 bits per heavy atom. The molecule has 1 aliphatic heterocycles. The maximum Gasteiger partial charge on any atom is 0.125 e. The van der Waals surface area contributed by atoms with E-state index in [1.54, 1.807) is 18.1 Å². The summed E-state index contributed by atoms with van der Waals surface area (Å²) in [5.74, 6) is 0.269. The molecule has 0 spiro atoms. The quantitative estimate of drug-likeness (QED) is 0.476. The van der Waals surface area contributed by atoms with Crippen molar-refractivity contribution in [3.8, 4) is 16.9 Å². The van der Waals surface area contributed by atoms with Gasteiger partial charge >= 0.3 is 0 Å².